The van der Waals surface area contributed by atoms with E-state index in [0.29, 0.717) is 5.56 Å². The standard InChI is InChI=1S/C15H15NO3S/c1-10-3-2-4-12(7-10)14(15(18)19)16-13(17)8-11-5-6-20-9-11/h2-7,9,14H,8H2,1H3,(H,16,17)(H,18,19)/t14-/m0/s1. The number of thiophene rings is 1. The van der Waals surface area contributed by atoms with Crippen LogP contribution < -0.4 is 5.32 Å². The molecule has 2 aromatic rings. The van der Waals surface area contributed by atoms with E-state index in [1.54, 1.807) is 18.2 Å². The number of aryl methyl sites for hydroxylation is 1. The molecule has 1 aromatic carbocycles. The maximum absolute atomic E-state index is 11.9. The second-order valence-corrected chi connectivity index (χ2v) is 5.34. The molecule has 0 radical (unpaired) electrons. The maximum Gasteiger partial charge on any atom is 0.330 e. The Morgan fingerprint density at radius 3 is 2.75 bits per heavy atom. The minimum Gasteiger partial charge on any atom is -0.479 e. The molecule has 4 nitrogen and oxygen atoms in total. The highest BCUT2D eigenvalue weighted by molar-refractivity contribution is 7.07. The smallest absolute Gasteiger partial charge is 0.330 e. The van der Waals surface area contributed by atoms with Crippen LogP contribution >= 0.6 is 11.3 Å². The molecule has 1 amide bonds. The number of hydrogen-bond donors (Lipinski definition) is 2. The van der Waals surface area contributed by atoms with Gasteiger partial charge in [0.05, 0.1) is 6.42 Å². The lowest BCUT2D eigenvalue weighted by Crippen LogP contribution is -2.34. The molecule has 104 valence electrons. The largest absolute Gasteiger partial charge is 0.479 e. The molecule has 1 aromatic heterocycles. The first-order valence-electron chi connectivity index (χ1n) is 6.16. The van der Waals surface area contributed by atoms with Crippen molar-refractivity contribution in [2.24, 2.45) is 0 Å². The number of rotatable bonds is 5. The topological polar surface area (TPSA) is 66.4 Å². The third-order valence-electron chi connectivity index (χ3n) is 2.87. The molecule has 0 fully saturated rings. The molecule has 0 aliphatic rings. The van der Waals surface area contributed by atoms with Crippen LogP contribution in [0, 0.1) is 6.92 Å². The zero-order valence-electron chi connectivity index (χ0n) is 11.0. The predicted octanol–water partition coefficient (Wildman–Crippen LogP) is 2.54. The van der Waals surface area contributed by atoms with E-state index >= 15 is 0 Å². The molecule has 0 saturated heterocycles. The van der Waals surface area contributed by atoms with Gasteiger partial charge in [-0.15, -0.1) is 0 Å². The van der Waals surface area contributed by atoms with Gasteiger partial charge in [0, 0.05) is 0 Å². The van der Waals surface area contributed by atoms with Crippen LogP contribution in [0.2, 0.25) is 0 Å². The number of aliphatic carboxylic acids is 1. The van der Waals surface area contributed by atoms with Crippen molar-refractivity contribution in [3.8, 4) is 0 Å². The molecule has 1 atom stereocenters. The number of carboxylic acid groups (broad SMARTS) is 1. The molecule has 2 N–H and O–H groups in total. The Labute approximate surface area is 121 Å². The minimum absolute atomic E-state index is 0.194. The van der Waals surface area contributed by atoms with Gasteiger partial charge in [-0.1, -0.05) is 29.8 Å². The van der Waals surface area contributed by atoms with Gasteiger partial charge < -0.3 is 10.4 Å². The fourth-order valence-corrected chi connectivity index (χ4v) is 2.60. The Morgan fingerprint density at radius 2 is 2.15 bits per heavy atom. The molecule has 2 rings (SSSR count). The number of carboxylic acids is 1. The first kappa shape index (κ1) is 14.3. The van der Waals surface area contributed by atoms with E-state index in [9.17, 15) is 14.7 Å². The average molecular weight is 289 g/mol. The SMILES string of the molecule is Cc1cccc([C@H](NC(=O)Cc2ccsc2)C(=O)O)c1. The number of benzene rings is 1. The van der Waals surface area contributed by atoms with Crippen LogP contribution in [0.25, 0.3) is 0 Å². The van der Waals surface area contributed by atoms with Crippen molar-refractivity contribution < 1.29 is 14.7 Å². The molecule has 0 unspecified atom stereocenters. The number of carbonyl (C=O) groups is 2. The summed E-state index contributed by atoms with van der Waals surface area (Å²) in [4.78, 5) is 23.3. The van der Waals surface area contributed by atoms with Gasteiger partial charge in [-0.2, -0.15) is 11.3 Å². The third-order valence-corrected chi connectivity index (χ3v) is 3.60. The van der Waals surface area contributed by atoms with Crippen molar-refractivity contribution in [2.45, 2.75) is 19.4 Å². The van der Waals surface area contributed by atoms with Crippen LogP contribution in [-0.4, -0.2) is 17.0 Å². The van der Waals surface area contributed by atoms with E-state index in [-0.39, 0.29) is 12.3 Å². The van der Waals surface area contributed by atoms with Crippen LogP contribution in [0.4, 0.5) is 0 Å². The highest BCUT2D eigenvalue weighted by Crippen LogP contribution is 2.15. The van der Waals surface area contributed by atoms with E-state index in [1.165, 1.54) is 11.3 Å². The highest BCUT2D eigenvalue weighted by atomic mass is 32.1. The lowest BCUT2D eigenvalue weighted by Gasteiger charge is -2.15. The van der Waals surface area contributed by atoms with E-state index in [1.807, 2.05) is 29.8 Å². The second-order valence-electron chi connectivity index (χ2n) is 4.56. The molecule has 1 heterocycles. The number of nitrogens with one attached hydrogen (secondary N) is 1. The van der Waals surface area contributed by atoms with Gasteiger partial charge in [0.25, 0.3) is 0 Å². The van der Waals surface area contributed by atoms with Gasteiger partial charge in [0.15, 0.2) is 6.04 Å². The monoisotopic (exact) mass is 289 g/mol. The zero-order valence-corrected chi connectivity index (χ0v) is 11.8. The number of hydrogen-bond acceptors (Lipinski definition) is 3. The molecule has 0 saturated carbocycles. The Balaban J connectivity index is 2.10. The Kier molecular flexibility index (Phi) is 4.53. The van der Waals surface area contributed by atoms with E-state index < -0.39 is 12.0 Å². The summed E-state index contributed by atoms with van der Waals surface area (Å²) in [5.74, 6) is -1.36. The fraction of sp³-hybridized carbons (Fsp3) is 0.200. The summed E-state index contributed by atoms with van der Waals surface area (Å²) in [7, 11) is 0. The van der Waals surface area contributed by atoms with Crippen molar-refractivity contribution >= 4 is 23.2 Å². The Morgan fingerprint density at radius 1 is 1.35 bits per heavy atom. The van der Waals surface area contributed by atoms with E-state index in [2.05, 4.69) is 5.32 Å². The Bertz CT molecular complexity index is 607. The van der Waals surface area contributed by atoms with Gasteiger partial charge in [-0.3, -0.25) is 4.79 Å². The molecular weight excluding hydrogens is 274 g/mol. The van der Waals surface area contributed by atoms with Gasteiger partial charge in [-0.05, 0) is 34.9 Å². The third kappa shape index (κ3) is 3.68. The van der Waals surface area contributed by atoms with Gasteiger partial charge in [-0.25, -0.2) is 4.79 Å². The molecule has 0 spiro atoms. The van der Waals surface area contributed by atoms with Crippen molar-refractivity contribution in [3.63, 3.8) is 0 Å². The van der Waals surface area contributed by atoms with Crippen LogP contribution in [0.3, 0.4) is 0 Å². The summed E-state index contributed by atoms with van der Waals surface area (Å²) in [5, 5.41) is 15.6. The van der Waals surface area contributed by atoms with Crippen LogP contribution in [0.5, 0.6) is 0 Å². The normalized spacial score (nSPS) is 11.8. The predicted molar refractivity (Wildman–Crippen MR) is 77.7 cm³/mol. The quantitative estimate of drug-likeness (QED) is 0.889. The molecule has 0 aliphatic heterocycles. The van der Waals surface area contributed by atoms with Crippen molar-refractivity contribution in [1.82, 2.24) is 5.32 Å². The second kappa shape index (κ2) is 6.34. The summed E-state index contributed by atoms with van der Waals surface area (Å²) >= 11 is 1.51. The maximum atomic E-state index is 11.9. The Hall–Kier alpha value is -2.14. The zero-order chi connectivity index (χ0) is 14.5. The number of carbonyl (C=O) groups excluding carboxylic acids is 1. The first-order valence-corrected chi connectivity index (χ1v) is 7.10. The van der Waals surface area contributed by atoms with Gasteiger partial charge in [0.2, 0.25) is 5.91 Å². The van der Waals surface area contributed by atoms with Crippen molar-refractivity contribution in [1.29, 1.82) is 0 Å². The first-order chi connectivity index (χ1) is 9.56. The van der Waals surface area contributed by atoms with Crippen molar-refractivity contribution in [3.05, 3.63) is 57.8 Å². The van der Waals surface area contributed by atoms with Gasteiger partial charge >= 0.3 is 5.97 Å². The summed E-state index contributed by atoms with van der Waals surface area (Å²) < 4.78 is 0. The molecule has 0 bridgehead atoms. The molecule has 5 heteroatoms. The fourth-order valence-electron chi connectivity index (χ4n) is 1.93. The van der Waals surface area contributed by atoms with Crippen molar-refractivity contribution in [2.75, 3.05) is 0 Å². The highest BCUT2D eigenvalue weighted by Gasteiger charge is 2.22. The summed E-state index contributed by atoms with van der Waals surface area (Å²) in [6.07, 6.45) is 0.194. The molecular formula is C15H15NO3S. The van der Waals surface area contributed by atoms with E-state index in [0.717, 1.165) is 11.1 Å². The van der Waals surface area contributed by atoms with Crippen LogP contribution in [0.15, 0.2) is 41.1 Å². The lowest BCUT2D eigenvalue weighted by molar-refractivity contribution is -0.141. The van der Waals surface area contributed by atoms with E-state index in [4.69, 9.17) is 0 Å². The average Bonchev–Trinajstić information content (AvgIpc) is 2.88. The minimum atomic E-state index is -1.06. The van der Waals surface area contributed by atoms with Crippen LogP contribution in [-0.2, 0) is 16.0 Å². The van der Waals surface area contributed by atoms with Gasteiger partial charge in [0.1, 0.15) is 0 Å². The summed E-state index contributed by atoms with van der Waals surface area (Å²) in [5.41, 5.74) is 2.43. The summed E-state index contributed by atoms with van der Waals surface area (Å²) in [6.45, 7) is 1.88. The molecule has 0 aliphatic carbocycles. The molecule has 20 heavy (non-hydrogen) atoms. The van der Waals surface area contributed by atoms with Crippen LogP contribution in [0.1, 0.15) is 22.7 Å². The lowest BCUT2D eigenvalue weighted by atomic mass is 10.0. The summed E-state index contributed by atoms with van der Waals surface area (Å²) in [6, 6.07) is 7.98. The number of amides is 1.